The number of unbranched alkanes of at least 4 members (excludes halogenated alkanes) is 3. The van der Waals surface area contributed by atoms with Gasteiger partial charge in [0.15, 0.2) is 0 Å². The van der Waals surface area contributed by atoms with Gasteiger partial charge in [-0.05, 0) is 6.42 Å². The summed E-state index contributed by atoms with van der Waals surface area (Å²) in [5, 5.41) is 2.70. The molecule has 14 heavy (non-hydrogen) atoms. The Morgan fingerprint density at radius 2 is 2.14 bits per heavy atom. The van der Waals surface area contributed by atoms with E-state index in [1.165, 1.54) is 19.3 Å². The number of nitrogens with one attached hydrogen (secondary N) is 1. The maximum absolute atomic E-state index is 11.4. The molecule has 0 saturated heterocycles. The highest BCUT2D eigenvalue weighted by molar-refractivity contribution is 5.78. The Hall–Kier alpha value is -0.970. The van der Waals surface area contributed by atoms with Crippen molar-refractivity contribution in [3.8, 4) is 12.3 Å². The molecule has 0 bridgehead atoms. The van der Waals surface area contributed by atoms with Crippen LogP contribution >= 0.6 is 0 Å². The minimum absolute atomic E-state index is 0.0828. The van der Waals surface area contributed by atoms with Gasteiger partial charge in [0, 0.05) is 5.92 Å². The van der Waals surface area contributed by atoms with Crippen LogP contribution in [0.4, 0.5) is 0 Å². The Bertz CT molecular complexity index is 193. The Labute approximate surface area is 87.5 Å². The molecule has 0 unspecified atom stereocenters. The molecular weight excluding hydrogens is 174 g/mol. The maximum atomic E-state index is 11.4. The second-order valence-corrected chi connectivity index (χ2v) is 3.67. The first kappa shape index (κ1) is 13.0. The summed E-state index contributed by atoms with van der Waals surface area (Å²) in [6, 6.07) is 0. The van der Waals surface area contributed by atoms with Crippen LogP contribution in [0, 0.1) is 18.3 Å². The third-order valence-electron chi connectivity index (χ3n) is 2.30. The van der Waals surface area contributed by atoms with Crippen LogP contribution in [0.15, 0.2) is 0 Å². The van der Waals surface area contributed by atoms with Crippen molar-refractivity contribution in [1.29, 1.82) is 0 Å². The zero-order valence-electron chi connectivity index (χ0n) is 9.31. The van der Waals surface area contributed by atoms with Gasteiger partial charge in [0.2, 0.25) is 5.91 Å². The van der Waals surface area contributed by atoms with E-state index in [9.17, 15) is 4.79 Å². The molecule has 0 saturated carbocycles. The summed E-state index contributed by atoms with van der Waals surface area (Å²) in [7, 11) is 0. The Kier molecular flexibility index (Phi) is 8.02. The van der Waals surface area contributed by atoms with Crippen molar-refractivity contribution < 1.29 is 4.79 Å². The van der Waals surface area contributed by atoms with Crippen LogP contribution in [0.2, 0.25) is 0 Å². The molecule has 0 aromatic rings. The second-order valence-electron chi connectivity index (χ2n) is 3.67. The fourth-order valence-corrected chi connectivity index (χ4v) is 1.32. The molecule has 2 nitrogen and oxygen atoms in total. The van der Waals surface area contributed by atoms with Gasteiger partial charge in [-0.15, -0.1) is 6.42 Å². The van der Waals surface area contributed by atoms with Crippen molar-refractivity contribution in [2.24, 2.45) is 5.92 Å². The van der Waals surface area contributed by atoms with Crippen LogP contribution in [0.25, 0.3) is 0 Å². The number of terminal acetylenes is 1. The largest absolute Gasteiger partial charge is 0.345 e. The van der Waals surface area contributed by atoms with Crippen molar-refractivity contribution in [2.45, 2.75) is 46.0 Å². The fraction of sp³-hybridized carbons (Fsp3) is 0.750. The van der Waals surface area contributed by atoms with Crippen molar-refractivity contribution in [2.75, 3.05) is 6.54 Å². The average molecular weight is 195 g/mol. The number of rotatable bonds is 7. The van der Waals surface area contributed by atoms with E-state index in [0.717, 1.165) is 12.8 Å². The van der Waals surface area contributed by atoms with Gasteiger partial charge in [0.05, 0.1) is 6.54 Å². The standard InChI is InChI=1S/C12H21NO/c1-4-6-7-8-9-11(3)12(14)13-10-5-2/h2,11H,4,6-10H2,1,3H3,(H,13,14)/t11-/m1/s1. The minimum atomic E-state index is 0.0828. The second kappa shape index (κ2) is 8.62. The minimum Gasteiger partial charge on any atom is -0.345 e. The van der Waals surface area contributed by atoms with Crippen LogP contribution in [-0.4, -0.2) is 12.5 Å². The lowest BCUT2D eigenvalue weighted by Gasteiger charge is -2.09. The monoisotopic (exact) mass is 195 g/mol. The molecule has 80 valence electrons. The van der Waals surface area contributed by atoms with Crippen molar-refractivity contribution in [3.63, 3.8) is 0 Å². The Morgan fingerprint density at radius 1 is 1.43 bits per heavy atom. The number of carbonyl (C=O) groups is 1. The van der Waals surface area contributed by atoms with E-state index >= 15 is 0 Å². The van der Waals surface area contributed by atoms with Gasteiger partial charge in [-0.1, -0.05) is 45.5 Å². The molecule has 0 aliphatic carbocycles. The van der Waals surface area contributed by atoms with Gasteiger partial charge in [0.25, 0.3) is 0 Å². The van der Waals surface area contributed by atoms with Crippen molar-refractivity contribution in [1.82, 2.24) is 5.32 Å². The van der Waals surface area contributed by atoms with Crippen LogP contribution < -0.4 is 5.32 Å². The quantitative estimate of drug-likeness (QED) is 0.490. The van der Waals surface area contributed by atoms with Gasteiger partial charge in [-0.2, -0.15) is 0 Å². The van der Waals surface area contributed by atoms with E-state index < -0.39 is 0 Å². The highest BCUT2D eigenvalue weighted by Gasteiger charge is 2.10. The molecule has 0 aliphatic rings. The van der Waals surface area contributed by atoms with Crippen LogP contribution in [-0.2, 0) is 4.79 Å². The van der Waals surface area contributed by atoms with Gasteiger partial charge < -0.3 is 5.32 Å². The van der Waals surface area contributed by atoms with E-state index in [4.69, 9.17) is 6.42 Å². The zero-order chi connectivity index (χ0) is 10.8. The third kappa shape index (κ3) is 6.54. The Balaban J connectivity index is 3.47. The normalized spacial score (nSPS) is 11.8. The molecule has 0 aromatic heterocycles. The molecule has 0 radical (unpaired) electrons. The Morgan fingerprint density at radius 3 is 2.71 bits per heavy atom. The predicted octanol–water partition coefficient (Wildman–Crippen LogP) is 2.34. The molecule has 1 amide bonds. The summed E-state index contributed by atoms with van der Waals surface area (Å²) < 4.78 is 0. The van der Waals surface area contributed by atoms with Gasteiger partial charge in [-0.3, -0.25) is 4.79 Å². The molecule has 2 heteroatoms. The highest BCUT2D eigenvalue weighted by Crippen LogP contribution is 2.10. The first-order valence-corrected chi connectivity index (χ1v) is 5.43. The molecular formula is C12H21NO. The van der Waals surface area contributed by atoms with E-state index in [1.54, 1.807) is 0 Å². The number of carbonyl (C=O) groups excluding carboxylic acids is 1. The molecule has 0 fully saturated rings. The molecule has 0 rings (SSSR count). The van der Waals surface area contributed by atoms with Crippen LogP contribution in [0.1, 0.15) is 46.0 Å². The number of hydrogen-bond acceptors (Lipinski definition) is 1. The third-order valence-corrected chi connectivity index (χ3v) is 2.30. The fourth-order valence-electron chi connectivity index (χ4n) is 1.32. The molecule has 0 spiro atoms. The summed E-state index contributed by atoms with van der Waals surface area (Å²) in [4.78, 5) is 11.4. The van der Waals surface area contributed by atoms with E-state index in [2.05, 4.69) is 18.2 Å². The summed E-state index contributed by atoms with van der Waals surface area (Å²) in [6.45, 7) is 4.49. The molecule has 0 aliphatic heterocycles. The lowest BCUT2D eigenvalue weighted by molar-refractivity contribution is -0.124. The molecule has 0 heterocycles. The first-order valence-electron chi connectivity index (χ1n) is 5.43. The van der Waals surface area contributed by atoms with Crippen LogP contribution in [0.3, 0.4) is 0 Å². The number of hydrogen-bond donors (Lipinski definition) is 1. The van der Waals surface area contributed by atoms with Crippen molar-refractivity contribution >= 4 is 5.91 Å². The number of amides is 1. The predicted molar refractivity (Wildman–Crippen MR) is 59.8 cm³/mol. The topological polar surface area (TPSA) is 29.1 Å². The summed E-state index contributed by atoms with van der Waals surface area (Å²) >= 11 is 0. The summed E-state index contributed by atoms with van der Waals surface area (Å²) in [5.41, 5.74) is 0. The van der Waals surface area contributed by atoms with Gasteiger partial charge in [0.1, 0.15) is 0 Å². The van der Waals surface area contributed by atoms with E-state index in [0.29, 0.717) is 6.54 Å². The first-order chi connectivity index (χ1) is 6.72. The lowest BCUT2D eigenvalue weighted by atomic mass is 10.0. The summed E-state index contributed by atoms with van der Waals surface area (Å²) in [6.07, 6.45) is 10.9. The lowest BCUT2D eigenvalue weighted by Crippen LogP contribution is -2.29. The SMILES string of the molecule is C#CCNC(=O)[C@H](C)CCCCCC. The van der Waals surface area contributed by atoms with Crippen LogP contribution in [0.5, 0.6) is 0 Å². The smallest absolute Gasteiger partial charge is 0.223 e. The average Bonchev–Trinajstić information content (AvgIpc) is 2.20. The van der Waals surface area contributed by atoms with E-state index in [-0.39, 0.29) is 11.8 Å². The maximum Gasteiger partial charge on any atom is 0.223 e. The molecule has 0 aromatic carbocycles. The zero-order valence-corrected chi connectivity index (χ0v) is 9.31. The molecule has 1 N–H and O–H groups in total. The molecule has 1 atom stereocenters. The highest BCUT2D eigenvalue weighted by atomic mass is 16.1. The van der Waals surface area contributed by atoms with Gasteiger partial charge >= 0.3 is 0 Å². The van der Waals surface area contributed by atoms with Crippen molar-refractivity contribution in [3.05, 3.63) is 0 Å². The summed E-state index contributed by atoms with van der Waals surface area (Å²) in [5.74, 6) is 2.58. The van der Waals surface area contributed by atoms with Gasteiger partial charge in [-0.25, -0.2) is 0 Å². The van der Waals surface area contributed by atoms with E-state index in [1.807, 2.05) is 6.92 Å².